The van der Waals surface area contributed by atoms with Gasteiger partial charge in [0, 0.05) is 6.20 Å². The predicted octanol–water partition coefficient (Wildman–Crippen LogP) is 1.40. The van der Waals surface area contributed by atoms with Gasteiger partial charge in [0.05, 0.1) is 5.84 Å². The minimum absolute atomic E-state index is 0.534. The van der Waals surface area contributed by atoms with Crippen molar-refractivity contribution in [1.29, 1.82) is 0 Å². The number of nitrogens with two attached hydrogens (primary N) is 1. The number of aryl methyl sites for hydroxylation is 1. The lowest BCUT2D eigenvalue weighted by molar-refractivity contribution is 1.22. The molecule has 0 spiro atoms. The van der Waals surface area contributed by atoms with Crippen molar-refractivity contribution < 1.29 is 0 Å². The van der Waals surface area contributed by atoms with Crippen molar-refractivity contribution in [2.75, 3.05) is 0 Å². The minimum Gasteiger partial charge on any atom is -0.387 e. The Bertz CT molecular complexity index is 274. The highest BCUT2D eigenvalue weighted by atomic mass is 14.9. The summed E-state index contributed by atoms with van der Waals surface area (Å²) in [6, 6.07) is 3.83. The number of nitrogens with zero attached hydrogens (tertiary/aromatic N) is 2. The van der Waals surface area contributed by atoms with Crippen molar-refractivity contribution in [3.63, 3.8) is 0 Å². The first kappa shape index (κ1) is 7.72. The van der Waals surface area contributed by atoms with Crippen LogP contribution >= 0.6 is 0 Å². The molecule has 1 heterocycles. The summed E-state index contributed by atoms with van der Waals surface area (Å²) in [7, 11) is 0. The average molecular weight is 149 g/mol. The quantitative estimate of drug-likeness (QED) is 0.484. The molecule has 0 radical (unpaired) electrons. The third-order valence-electron chi connectivity index (χ3n) is 1.26. The van der Waals surface area contributed by atoms with E-state index in [1.807, 2.05) is 19.1 Å². The molecule has 1 aromatic heterocycles. The molecule has 0 aromatic carbocycles. The van der Waals surface area contributed by atoms with Gasteiger partial charge in [-0.25, -0.2) is 9.98 Å². The Kier molecular flexibility index (Phi) is 2.21. The van der Waals surface area contributed by atoms with Gasteiger partial charge in [0.15, 0.2) is 5.82 Å². The molecule has 0 aliphatic heterocycles. The van der Waals surface area contributed by atoms with Gasteiger partial charge in [-0.1, -0.05) is 6.07 Å². The second kappa shape index (κ2) is 3.14. The standard InChI is InChI=1S/C8H11N3/c1-6-4-3-5-10-8(6)11-7(2)9/h3-5H,1-2H3,(H2,9,10,11). The Morgan fingerprint density at radius 2 is 2.36 bits per heavy atom. The van der Waals surface area contributed by atoms with Crippen LogP contribution in [0.25, 0.3) is 0 Å². The molecule has 0 saturated heterocycles. The summed E-state index contributed by atoms with van der Waals surface area (Å²) >= 11 is 0. The Balaban J connectivity index is 3.04. The monoisotopic (exact) mass is 149 g/mol. The van der Waals surface area contributed by atoms with E-state index in [1.54, 1.807) is 13.1 Å². The number of aliphatic imine (C=N–C) groups is 1. The second-order valence-corrected chi connectivity index (χ2v) is 2.40. The maximum Gasteiger partial charge on any atom is 0.156 e. The molecule has 0 saturated carbocycles. The van der Waals surface area contributed by atoms with E-state index in [0.29, 0.717) is 11.7 Å². The van der Waals surface area contributed by atoms with Gasteiger partial charge in [0.25, 0.3) is 0 Å². The van der Waals surface area contributed by atoms with Crippen molar-refractivity contribution in [2.24, 2.45) is 10.7 Å². The summed E-state index contributed by atoms with van der Waals surface area (Å²) in [6.07, 6.45) is 1.70. The molecule has 2 N–H and O–H groups in total. The number of hydrogen-bond donors (Lipinski definition) is 1. The van der Waals surface area contributed by atoms with Crippen molar-refractivity contribution in [3.8, 4) is 0 Å². The summed E-state index contributed by atoms with van der Waals surface area (Å²) in [5.41, 5.74) is 6.44. The first-order chi connectivity index (χ1) is 5.20. The molecule has 0 bridgehead atoms. The molecule has 0 fully saturated rings. The van der Waals surface area contributed by atoms with E-state index >= 15 is 0 Å². The first-order valence-electron chi connectivity index (χ1n) is 3.42. The predicted molar refractivity (Wildman–Crippen MR) is 45.9 cm³/mol. The van der Waals surface area contributed by atoms with E-state index in [4.69, 9.17) is 5.73 Å². The largest absolute Gasteiger partial charge is 0.387 e. The molecule has 0 aliphatic rings. The first-order valence-corrected chi connectivity index (χ1v) is 3.42. The van der Waals surface area contributed by atoms with Gasteiger partial charge in [-0.2, -0.15) is 0 Å². The van der Waals surface area contributed by atoms with Crippen LogP contribution in [-0.2, 0) is 0 Å². The summed E-state index contributed by atoms with van der Waals surface area (Å²) in [5.74, 6) is 1.24. The lowest BCUT2D eigenvalue weighted by Gasteiger charge is -1.96. The summed E-state index contributed by atoms with van der Waals surface area (Å²) in [4.78, 5) is 8.09. The van der Waals surface area contributed by atoms with Crippen LogP contribution in [0.3, 0.4) is 0 Å². The van der Waals surface area contributed by atoms with Crippen LogP contribution in [-0.4, -0.2) is 10.8 Å². The summed E-state index contributed by atoms with van der Waals surface area (Å²) in [5, 5.41) is 0. The fourth-order valence-corrected chi connectivity index (χ4v) is 0.761. The molecule has 3 nitrogen and oxygen atoms in total. The molecule has 11 heavy (non-hydrogen) atoms. The fraction of sp³-hybridized carbons (Fsp3) is 0.250. The Labute approximate surface area is 66.0 Å². The number of amidine groups is 1. The van der Waals surface area contributed by atoms with E-state index < -0.39 is 0 Å². The molecule has 0 unspecified atom stereocenters. The van der Waals surface area contributed by atoms with Crippen LogP contribution in [0.1, 0.15) is 12.5 Å². The molecule has 0 atom stereocenters. The van der Waals surface area contributed by atoms with E-state index in [9.17, 15) is 0 Å². The highest BCUT2D eigenvalue weighted by Gasteiger charge is 1.93. The smallest absolute Gasteiger partial charge is 0.156 e. The number of pyridine rings is 1. The van der Waals surface area contributed by atoms with Gasteiger partial charge in [-0.3, -0.25) is 0 Å². The molecule has 58 valence electrons. The van der Waals surface area contributed by atoms with Crippen LogP contribution in [0.4, 0.5) is 5.82 Å². The van der Waals surface area contributed by atoms with Crippen LogP contribution in [0.2, 0.25) is 0 Å². The average Bonchev–Trinajstić information content (AvgIpc) is 1.93. The molecule has 1 rings (SSSR count). The third kappa shape index (κ3) is 2.04. The highest BCUT2D eigenvalue weighted by molar-refractivity contribution is 5.80. The molecule has 3 heteroatoms. The van der Waals surface area contributed by atoms with Crippen LogP contribution in [0.5, 0.6) is 0 Å². The molecule has 1 aromatic rings. The van der Waals surface area contributed by atoms with Crippen molar-refractivity contribution in [1.82, 2.24) is 4.98 Å². The molecular weight excluding hydrogens is 138 g/mol. The Hall–Kier alpha value is -1.38. The van der Waals surface area contributed by atoms with Gasteiger partial charge >= 0.3 is 0 Å². The van der Waals surface area contributed by atoms with Gasteiger partial charge in [0.2, 0.25) is 0 Å². The summed E-state index contributed by atoms with van der Waals surface area (Å²) in [6.45, 7) is 3.70. The zero-order valence-corrected chi connectivity index (χ0v) is 6.70. The lowest BCUT2D eigenvalue weighted by atomic mass is 10.3. The summed E-state index contributed by atoms with van der Waals surface area (Å²) < 4.78 is 0. The maximum absolute atomic E-state index is 5.40. The van der Waals surface area contributed by atoms with Gasteiger partial charge in [-0.15, -0.1) is 0 Å². The lowest BCUT2D eigenvalue weighted by Crippen LogP contribution is -2.04. The minimum atomic E-state index is 0.534. The number of hydrogen-bond acceptors (Lipinski definition) is 2. The van der Waals surface area contributed by atoms with Crippen molar-refractivity contribution >= 4 is 11.7 Å². The van der Waals surface area contributed by atoms with Gasteiger partial charge in [-0.05, 0) is 25.5 Å². The Morgan fingerprint density at radius 3 is 2.91 bits per heavy atom. The Morgan fingerprint density at radius 1 is 1.64 bits per heavy atom. The number of rotatable bonds is 1. The van der Waals surface area contributed by atoms with E-state index in [2.05, 4.69) is 9.98 Å². The zero-order chi connectivity index (χ0) is 8.27. The van der Waals surface area contributed by atoms with E-state index in [1.165, 1.54) is 0 Å². The van der Waals surface area contributed by atoms with Crippen molar-refractivity contribution in [2.45, 2.75) is 13.8 Å². The van der Waals surface area contributed by atoms with E-state index in [0.717, 1.165) is 5.56 Å². The maximum atomic E-state index is 5.40. The highest BCUT2D eigenvalue weighted by Crippen LogP contribution is 2.12. The van der Waals surface area contributed by atoms with Crippen LogP contribution < -0.4 is 5.73 Å². The third-order valence-corrected chi connectivity index (χ3v) is 1.26. The van der Waals surface area contributed by atoms with E-state index in [-0.39, 0.29) is 0 Å². The molecular formula is C8H11N3. The van der Waals surface area contributed by atoms with Crippen LogP contribution in [0.15, 0.2) is 23.3 Å². The number of aromatic nitrogens is 1. The zero-order valence-electron chi connectivity index (χ0n) is 6.70. The van der Waals surface area contributed by atoms with Crippen LogP contribution in [0, 0.1) is 6.92 Å². The normalized spacial score (nSPS) is 11.6. The van der Waals surface area contributed by atoms with Gasteiger partial charge < -0.3 is 5.73 Å². The topological polar surface area (TPSA) is 51.3 Å². The molecule has 0 amide bonds. The fourth-order valence-electron chi connectivity index (χ4n) is 0.761. The molecule has 0 aliphatic carbocycles. The van der Waals surface area contributed by atoms with Crippen molar-refractivity contribution in [3.05, 3.63) is 23.9 Å². The SMILES string of the molecule is C/C(N)=N/c1ncccc1C. The van der Waals surface area contributed by atoms with Gasteiger partial charge in [0.1, 0.15) is 0 Å². The second-order valence-electron chi connectivity index (χ2n) is 2.40.